The first-order valence-electron chi connectivity index (χ1n) is 5.28. The van der Waals surface area contributed by atoms with Gasteiger partial charge in [0.15, 0.2) is 0 Å². The van der Waals surface area contributed by atoms with Gasteiger partial charge in [0, 0.05) is 18.3 Å². The van der Waals surface area contributed by atoms with Crippen LogP contribution >= 0.6 is 11.8 Å². The van der Waals surface area contributed by atoms with Crippen molar-refractivity contribution >= 4 is 17.6 Å². The van der Waals surface area contributed by atoms with E-state index >= 15 is 0 Å². The summed E-state index contributed by atoms with van der Waals surface area (Å²) in [5, 5.41) is 3.31. The summed E-state index contributed by atoms with van der Waals surface area (Å²) in [6.07, 6.45) is 4.93. The summed E-state index contributed by atoms with van der Waals surface area (Å²) < 4.78 is 0. The topological polar surface area (TPSA) is 37.8 Å². The highest BCUT2D eigenvalue weighted by molar-refractivity contribution is 7.98. The molecule has 0 aromatic carbocycles. The van der Waals surface area contributed by atoms with Crippen molar-refractivity contribution in [3.8, 4) is 0 Å². The lowest BCUT2D eigenvalue weighted by Gasteiger charge is -2.08. The largest absolute Gasteiger partial charge is 0.370 e. The van der Waals surface area contributed by atoms with Gasteiger partial charge in [0.05, 0.1) is 0 Å². The Morgan fingerprint density at radius 2 is 2.20 bits per heavy atom. The molecule has 1 heterocycles. The molecule has 0 aliphatic heterocycles. The predicted octanol–water partition coefficient (Wildman–Crippen LogP) is 2.77. The van der Waals surface area contributed by atoms with Crippen LogP contribution in [0.15, 0.2) is 12.4 Å². The maximum atomic E-state index is 4.23. The molecule has 0 bridgehead atoms. The van der Waals surface area contributed by atoms with Crippen LogP contribution in [0.3, 0.4) is 0 Å². The molecule has 1 rings (SSSR count). The van der Waals surface area contributed by atoms with Gasteiger partial charge in [-0.25, -0.2) is 9.97 Å². The summed E-state index contributed by atoms with van der Waals surface area (Å²) in [4.78, 5) is 8.42. The number of nitrogens with zero attached hydrogens (tertiary/aromatic N) is 2. The summed E-state index contributed by atoms with van der Waals surface area (Å²) in [7, 11) is 0. The molecule has 0 saturated carbocycles. The van der Waals surface area contributed by atoms with Gasteiger partial charge in [-0.1, -0.05) is 13.8 Å². The SMILES string of the molecule is CSCCCNc1cc(C(C)C)ncn1. The fourth-order valence-electron chi connectivity index (χ4n) is 1.22. The highest BCUT2D eigenvalue weighted by Gasteiger charge is 2.01. The molecule has 1 N–H and O–H groups in total. The summed E-state index contributed by atoms with van der Waals surface area (Å²) >= 11 is 1.87. The van der Waals surface area contributed by atoms with Crippen molar-refractivity contribution in [2.75, 3.05) is 23.9 Å². The van der Waals surface area contributed by atoms with E-state index in [-0.39, 0.29) is 0 Å². The number of anilines is 1. The summed E-state index contributed by atoms with van der Waals surface area (Å²) in [5.74, 6) is 2.59. The average Bonchev–Trinajstić information content (AvgIpc) is 2.25. The molecule has 4 heteroatoms. The molecule has 15 heavy (non-hydrogen) atoms. The third-order valence-electron chi connectivity index (χ3n) is 2.11. The molecule has 1 aromatic heterocycles. The van der Waals surface area contributed by atoms with E-state index in [1.807, 2.05) is 17.8 Å². The van der Waals surface area contributed by atoms with Gasteiger partial charge in [-0.2, -0.15) is 11.8 Å². The highest BCUT2D eigenvalue weighted by atomic mass is 32.2. The highest BCUT2D eigenvalue weighted by Crippen LogP contribution is 2.13. The fourth-order valence-corrected chi connectivity index (χ4v) is 1.65. The maximum Gasteiger partial charge on any atom is 0.129 e. The number of hydrogen-bond acceptors (Lipinski definition) is 4. The standard InChI is InChI=1S/C11H19N3S/c1-9(2)10-7-11(14-8-13-10)12-5-4-6-15-3/h7-9H,4-6H2,1-3H3,(H,12,13,14). The second kappa shape index (κ2) is 6.67. The first-order valence-corrected chi connectivity index (χ1v) is 6.68. The molecule has 0 amide bonds. The van der Waals surface area contributed by atoms with Crippen LogP contribution in [0, 0.1) is 0 Å². The van der Waals surface area contributed by atoms with Crippen molar-refractivity contribution in [3.05, 3.63) is 18.1 Å². The van der Waals surface area contributed by atoms with Gasteiger partial charge in [-0.05, 0) is 24.3 Å². The van der Waals surface area contributed by atoms with Crippen molar-refractivity contribution in [3.63, 3.8) is 0 Å². The molecule has 0 radical (unpaired) electrons. The van der Waals surface area contributed by atoms with Gasteiger partial charge in [0.2, 0.25) is 0 Å². The Morgan fingerprint density at radius 3 is 2.87 bits per heavy atom. The molecule has 0 unspecified atom stereocenters. The first kappa shape index (κ1) is 12.3. The van der Waals surface area contributed by atoms with E-state index < -0.39 is 0 Å². The van der Waals surface area contributed by atoms with Crippen molar-refractivity contribution in [2.24, 2.45) is 0 Å². The Bertz CT molecular complexity index is 289. The zero-order chi connectivity index (χ0) is 11.1. The lowest BCUT2D eigenvalue weighted by atomic mass is 10.1. The number of aromatic nitrogens is 2. The summed E-state index contributed by atoms with van der Waals surface area (Å²) in [5.41, 5.74) is 1.09. The molecule has 0 atom stereocenters. The molecule has 84 valence electrons. The molecule has 1 aromatic rings. The van der Waals surface area contributed by atoms with Crippen molar-refractivity contribution in [1.82, 2.24) is 9.97 Å². The zero-order valence-corrected chi connectivity index (χ0v) is 10.5. The predicted molar refractivity (Wildman–Crippen MR) is 67.6 cm³/mol. The van der Waals surface area contributed by atoms with Crippen LogP contribution < -0.4 is 5.32 Å². The molecular weight excluding hydrogens is 206 g/mol. The van der Waals surface area contributed by atoms with Crippen molar-refractivity contribution in [1.29, 1.82) is 0 Å². The van der Waals surface area contributed by atoms with Gasteiger partial charge < -0.3 is 5.32 Å². The van der Waals surface area contributed by atoms with Crippen LogP contribution in [-0.4, -0.2) is 28.5 Å². The number of rotatable bonds is 6. The van der Waals surface area contributed by atoms with Crippen molar-refractivity contribution in [2.45, 2.75) is 26.2 Å². The Labute approximate surface area is 96.1 Å². The molecule has 0 fully saturated rings. The Balaban J connectivity index is 2.43. The molecule has 0 saturated heterocycles. The van der Waals surface area contributed by atoms with Crippen molar-refractivity contribution < 1.29 is 0 Å². The second-order valence-electron chi connectivity index (χ2n) is 3.76. The van der Waals surface area contributed by atoms with E-state index in [2.05, 4.69) is 35.4 Å². The number of thioether (sulfide) groups is 1. The van der Waals surface area contributed by atoms with Crippen LogP contribution in [0.2, 0.25) is 0 Å². The van der Waals surface area contributed by atoms with Crippen LogP contribution in [0.5, 0.6) is 0 Å². The average molecular weight is 225 g/mol. The van der Waals surface area contributed by atoms with Gasteiger partial charge in [0.1, 0.15) is 12.1 Å². The Hall–Kier alpha value is -0.770. The molecule has 3 nitrogen and oxygen atoms in total. The quantitative estimate of drug-likeness (QED) is 0.755. The van der Waals surface area contributed by atoms with E-state index in [4.69, 9.17) is 0 Å². The van der Waals surface area contributed by atoms with Gasteiger partial charge in [-0.15, -0.1) is 0 Å². The van der Waals surface area contributed by atoms with E-state index in [1.54, 1.807) is 6.33 Å². The van der Waals surface area contributed by atoms with Gasteiger partial charge in [0.25, 0.3) is 0 Å². The van der Waals surface area contributed by atoms with Crippen LogP contribution in [0.25, 0.3) is 0 Å². The van der Waals surface area contributed by atoms with Crippen LogP contribution in [-0.2, 0) is 0 Å². The number of hydrogen-bond donors (Lipinski definition) is 1. The minimum absolute atomic E-state index is 0.458. The second-order valence-corrected chi connectivity index (χ2v) is 4.74. The maximum absolute atomic E-state index is 4.23. The normalized spacial score (nSPS) is 10.7. The summed E-state index contributed by atoms with van der Waals surface area (Å²) in [6, 6.07) is 2.03. The lowest BCUT2D eigenvalue weighted by Crippen LogP contribution is -2.05. The third kappa shape index (κ3) is 4.51. The zero-order valence-electron chi connectivity index (χ0n) is 9.66. The lowest BCUT2D eigenvalue weighted by molar-refractivity contribution is 0.813. The van der Waals surface area contributed by atoms with E-state index in [9.17, 15) is 0 Å². The molecule has 0 aliphatic carbocycles. The minimum atomic E-state index is 0.458. The molecular formula is C11H19N3S. The van der Waals surface area contributed by atoms with Gasteiger partial charge in [-0.3, -0.25) is 0 Å². The van der Waals surface area contributed by atoms with E-state index in [0.29, 0.717) is 5.92 Å². The van der Waals surface area contributed by atoms with E-state index in [0.717, 1.165) is 18.1 Å². The smallest absolute Gasteiger partial charge is 0.129 e. The monoisotopic (exact) mass is 225 g/mol. The van der Waals surface area contributed by atoms with Crippen LogP contribution in [0.4, 0.5) is 5.82 Å². The third-order valence-corrected chi connectivity index (χ3v) is 2.81. The van der Waals surface area contributed by atoms with Crippen LogP contribution in [0.1, 0.15) is 31.9 Å². The first-order chi connectivity index (χ1) is 7.24. The Morgan fingerprint density at radius 1 is 1.40 bits per heavy atom. The number of nitrogens with one attached hydrogen (secondary N) is 1. The minimum Gasteiger partial charge on any atom is -0.370 e. The molecule has 0 spiro atoms. The van der Waals surface area contributed by atoms with E-state index in [1.165, 1.54) is 12.2 Å². The Kier molecular flexibility index (Phi) is 5.47. The fraction of sp³-hybridized carbons (Fsp3) is 0.636. The summed E-state index contributed by atoms with van der Waals surface area (Å²) in [6.45, 7) is 5.26. The molecule has 0 aliphatic rings. The van der Waals surface area contributed by atoms with Gasteiger partial charge >= 0.3 is 0 Å².